The highest BCUT2D eigenvalue weighted by molar-refractivity contribution is 6.05. The maximum Gasteiger partial charge on any atom is 0.156 e. The second-order valence-electron chi connectivity index (χ2n) is 9.93. The number of rotatable bonds is 3. The van der Waals surface area contributed by atoms with Crippen LogP contribution in [0.3, 0.4) is 0 Å². The molecule has 0 heterocycles. The number of oxime groups is 2. The van der Waals surface area contributed by atoms with E-state index in [4.69, 9.17) is 0 Å². The van der Waals surface area contributed by atoms with Crippen LogP contribution in [0.4, 0.5) is 5.69 Å². The zero-order valence-corrected chi connectivity index (χ0v) is 18.8. The van der Waals surface area contributed by atoms with Crippen molar-refractivity contribution in [2.45, 2.75) is 50.9 Å². The number of benzene rings is 1. The highest BCUT2D eigenvalue weighted by Crippen LogP contribution is 2.62. The minimum absolute atomic E-state index is 0.132. The number of hydrogen-bond donors (Lipinski definition) is 2. The summed E-state index contributed by atoms with van der Waals surface area (Å²) in [4.78, 5) is 14.2. The van der Waals surface area contributed by atoms with Gasteiger partial charge >= 0.3 is 0 Å². The zero-order valence-electron chi connectivity index (χ0n) is 18.8. The Bertz CT molecular complexity index is 1050. The third-order valence-electron chi connectivity index (χ3n) is 8.33. The third-order valence-corrected chi connectivity index (χ3v) is 8.33. The van der Waals surface area contributed by atoms with E-state index in [1.54, 1.807) is 6.21 Å². The monoisotopic (exact) mass is 433 g/mol. The van der Waals surface area contributed by atoms with Crippen molar-refractivity contribution in [3.05, 3.63) is 52.6 Å². The summed E-state index contributed by atoms with van der Waals surface area (Å²) in [5.74, 6) is 0.957. The first-order chi connectivity index (χ1) is 15.5. The highest BCUT2D eigenvalue weighted by Gasteiger charge is 2.57. The molecule has 2 fully saturated rings. The van der Waals surface area contributed by atoms with Gasteiger partial charge in [0.05, 0.1) is 17.3 Å². The van der Waals surface area contributed by atoms with Crippen LogP contribution in [0.15, 0.2) is 57.4 Å². The Balaban J connectivity index is 1.69. The van der Waals surface area contributed by atoms with Gasteiger partial charge in [0.2, 0.25) is 0 Å². The smallest absolute Gasteiger partial charge is 0.156 e. The van der Waals surface area contributed by atoms with Crippen LogP contribution < -0.4 is 4.90 Å². The maximum absolute atomic E-state index is 12.1. The van der Waals surface area contributed by atoms with Crippen molar-refractivity contribution in [3.8, 4) is 0 Å². The van der Waals surface area contributed by atoms with Gasteiger partial charge in [0.15, 0.2) is 5.78 Å². The molecular weight excluding hydrogens is 402 g/mol. The van der Waals surface area contributed by atoms with Gasteiger partial charge in [-0.05, 0) is 85.3 Å². The standard InChI is InChI=1S/C26H31N3O3/c1-29(2)18-6-3-16(4-7-18)22-14-26(15-27-31)23(11-12-24(26)28-32)21-9-5-17-13-19(30)8-10-20(17)25(21)22/h3-4,6-7,13,15,21-23,31-32H,5,8-12,14H2,1-2H3/b27-15?,28-24-/t21-,22+,23-,26+/m0/s1. The summed E-state index contributed by atoms with van der Waals surface area (Å²) >= 11 is 0. The van der Waals surface area contributed by atoms with Gasteiger partial charge in [0, 0.05) is 32.1 Å². The minimum Gasteiger partial charge on any atom is -0.411 e. The van der Waals surface area contributed by atoms with Crippen molar-refractivity contribution in [1.82, 2.24) is 0 Å². The Kier molecular flexibility index (Phi) is 5.19. The molecule has 0 unspecified atom stereocenters. The van der Waals surface area contributed by atoms with E-state index in [0.717, 1.165) is 49.9 Å². The zero-order chi connectivity index (χ0) is 22.5. The number of ketones is 1. The number of fused-ring (bicyclic) bond motifs is 4. The first-order valence-electron chi connectivity index (χ1n) is 11.6. The molecule has 0 aromatic heterocycles. The molecule has 0 aliphatic heterocycles. The quantitative estimate of drug-likeness (QED) is 0.402. The topological polar surface area (TPSA) is 85.5 Å². The van der Waals surface area contributed by atoms with Gasteiger partial charge in [0.25, 0.3) is 0 Å². The summed E-state index contributed by atoms with van der Waals surface area (Å²) in [5, 5.41) is 26.6. The largest absolute Gasteiger partial charge is 0.411 e. The molecule has 0 radical (unpaired) electrons. The maximum atomic E-state index is 12.1. The van der Waals surface area contributed by atoms with Crippen LogP contribution >= 0.6 is 0 Å². The predicted octanol–water partition coefficient (Wildman–Crippen LogP) is 4.92. The summed E-state index contributed by atoms with van der Waals surface area (Å²) in [6.45, 7) is 0. The molecule has 6 nitrogen and oxygen atoms in total. The van der Waals surface area contributed by atoms with Crippen molar-refractivity contribution in [3.63, 3.8) is 0 Å². The molecular formula is C26H31N3O3. The van der Waals surface area contributed by atoms with E-state index in [0.29, 0.717) is 12.3 Å². The molecule has 32 heavy (non-hydrogen) atoms. The molecule has 0 bridgehead atoms. The van der Waals surface area contributed by atoms with Gasteiger partial charge in [-0.3, -0.25) is 4.79 Å². The van der Waals surface area contributed by atoms with Crippen molar-refractivity contribution in [2.75, 3.05) is 19.0 Å². The Hall–Kier alpha value is -2.89. The SMILES string of the molecule is CN(C)c1ccc([C@H]2C[C@]3(C=NO)/C(=N\O)CC[C@H]3[C@@H]3CCC4=CC(=O)CCC4=C32)cc1. The van der Waals surface area contributed by atoms with Crippen LogP contribution in [0.5, 0.6) is 0 Å². The molecule has 1 aromatic rings. The summed E-state index contributed by atoms with van der Waals surface area (Å²) < 4.78 is 0. The lowest BCUT2D eigenvalue weighted by Gasteiger charge is -2.50. The molecule has 0 saturated heterocycles. The molecule has 168 valence electrons. The van der Waals surface area contributed by atoms with Crippen LogP contribution in [0.25, 0.3) is 0 Å². The van der Waals surface area contributed by atoms with Crippen LogP contribution in [0, 0.1) is 17.3 Å². The second kappa shape index (κ2) is 7.91. The van der Waals surface area contributed by atoms with Gasteiger partial charge in [-0.25, -0.2) is 0 Å². The van der Waals surface area contributed by atoms with Crippen LogP contribution in [0.2, 0.25) is 0 Å². The van der Waals surface area contributed by atoms with Crippen LogP contribution in [-0.4, -0.2) is 42.2 Å². The minimum atomic E-state index is -0.533. The van der Waals surface area contributed by atoms with Crippen molar-refractivity contribution >= 4 is 23.4 Å². The van der Waals surface area contributed by atoms with E-state index in [2.05, 4.69) is 39.5 Å². The fourth-order valence-corrected chi connectivity index (χ4v) is 6.94. The van der Waals surface area contributed by atoms with Gasteiger partial charge in [-0.2, -0.15) is 0 Å². The van der Waals surface area contributed by atoms with Crippen LogP contribution in [0.1, 0.15) is 56.4 Å². The molecule has 4 aliphatic rings. The number of carbonyl (C=O) groups excluding carboxylic acids is 1. The van der Waals surface area contributed by atoms with E-state index >= 15 is 0 Å². The number of hydrogen-bond acceptors (Lipinski definition) is 6. The summed E-state index contributed by atoms with van der Waals surface area (Å²) in [5.41, 5.74) is 6.66. The highest BCUT2D eigenvalue weighted by atomic mass is 16.4. The van der Waals surface area contributed by atoms with E-state index < -0.39 is 5.41 Å². The molecule has 5 rings (SSSR count). The third kappa shape index (κ3) is 3.11. The Labute approximate surface area is 189 Å². The van der Waals surface area contributed by atoms with E-state index in [-0.39, 0.29) is 17.6 Å². The van der Waals surface area contributed by atoms with E-state index in [1.807, 2.05) is 20.2 Å². The molecule has 1 aromatic carbocycles. The van der Waals surface area contributed by atoms with Crippen molar-refractivity contribution < 1.29 is 15.2 Å². The number of allylic oxidation sites excluding steroid dienone is 4. The Morgan fingerprint density at radius 3 is 2.53 bits per heavy atom. The van der Waals surface area contributed by atoms with Gasteiger partial charge in [-0.1, -0.05) is 22.9 Å². The lowest BCUT2D eigenvalue weighted by atomic mass is 9.53. The van der Waals surface area contributed by atoms with Gasteiger partial charge < -0.3 is 15.3 Å². The molecule has 0 spiro atoms. The molecule has 0 amide bonds. The second-order valence-corrected chi connectivity index (χ2v) is 9.93. The predicted molar refractivity (Wildman–Crippen MR) is 125 cm³/mol. The molecule has 4 atom stereocenters. The van der Waals surface area contributed by atoms with E-state index in [9.17, 15) is 15.2 Å². The molecule has 6 heteroatoms. The molecule has 2 saturated carbocycles. The average Bonchev–Trinajstić information content (AvgIpc) is 3.16. The average molecular weight is 434 g/mol. The van der Waals surface area contributed by atoms with Crippen molar-refractivity contribution in [1.29, 1.82) is 0 Å². The summed E-state index contributed by atoms with van der Waals surface area (Å²) in [6, 6.07) is 8.69. The summed E-state index contributed by atoms with van der Waals surface area (Å²) in [7, 11) is 4.07. The van der Waals surface area contributed by atoms with Crippen molar-refractivity contribution in [2.24, 2.45) is 27.6 Å². The normalized spacial score (nSPS) is 33.2. The first-order valence-corrected chi connectivity index (χ1v) is 11.6. The molecule has 2 N–H and O–H groups in total. The van der Waals surface area contributed by atoms with Crippen LogP contribution in [-0.2, 0) is 4.79 Å². The lowest BCUT2D eigenvalue weighted by Crippen LogP contribution is -2.46. The Morgan fingerprint density at radius 1 is 1.06 bits per heavy atom. The Morgan fingerprint density at radius 2 is 1.84 bits per heavy atom. The fraction of sp³-hybridized carbons (Fsp3) is 0.500. The molecule has 4 aliphatic carbocycles. The van der Waals surface area contributed by atoms with E-state index in [1.165, 1.54) is 22.3 Å². The van der Waals surface area contributed by atoms with Gasteiger partial charge in [0.1, 0.15) is 0 Å². The number of nitrogens with zero attached hydrogens (tertiary/aromatic N) is 3. The first kappa shape index (κ1) is 21.0. The fourth-order valence-electron chi connectivity index (χ4n) is 6.94. The van der Waals surface area contributed by atoms with Gasteiger partial charge in [-0.15, -0.1) is 5.16 Å². The number of carbonyl (C=O) groups is 1. The lowest BCUT2D eigenvalue weighted by molar-refractivity contribution is -0.114. The summed E-state index contributed by atoms with van der Waals surface area (Å²) in [6.07, 6.45) is 9.18. The number of anilines is 1.